The number of carbonyl (C=O) groups excluding carboxylic acids is 2. The van der Waals surface area contributed by atoms with Crippen molar-refractivity contribution >= 4 is 11.8 Å². The van der Waals surface area contributed by atoms with Crippen LogP contribution in [0.3, 0.4) is 0 Å². The van der Waals surface area contributed by atoms with Crippen LogP contribution in [-0.4, -0.2) is 53.8 Å². The zero-order chi connectivity index (χ0) is 20.6. The second-order valence-electron chi connectivity index (χ2n) is 8.93. The average Bonchev–Trinajstić information content (AvgIpc) is 3.29. The average molecular weight is 405 g/mol. The molecule has 4 rings (SSSR count). The summed E-state index contributed by atoms with van der Waals surface area (Å²) in [4.78, 5) is 29.6. The van der Waals surface area contributed by atoms with Crippen LogP contribution >= 0.6 is 0 Å². The number of carbonyl (C=O) groups is 2. The van der Waals surface area contributed by atoms with Crippen LogP contribution in [0.25, 0.3) is 0 Å². The Kier molecular flexibility index (Phi) is 5.60. The summed E-state index contributed by atoms with van der Waals surface area (Å²) in [5.74, 6) is -1.63. The fourth-order valence-electron chi connectivity index (χ4n) is 5.20. The molecule has 1 aromatic rings. The number of amides is 2. The molecule has 0 bridgehead atoms. The number of likely N-dealkylation sites (tertiary alicyclic amines) is 2. The number of nitrogens with zero attached hydrogens (tertiary/aromatic N) is 2. The minimum absolute atomic E-state index is 0.0196. The van der Waals surface area contributed by atoms with E-state index in [1.807, 2.05) is 0 Å². The fraction of sp³-hybridized carbons (Fsp3) is 0.636. The van der Waals surface area contributed by atoms with Gasteiger partial charge in [-0.05, 0) is 62.9 Å². The Bertz CT molecular complexity index is 786. The molecule has 2 aliphatic heterocycles. The quantitative estimate of drug-likeness (QED) is 0.838. The number of hydrogen-bond donors (Lipinski definition) is 1. The van der Waals surface area contributed by atoms with E-state index in [9.17, 15) is 18.4 Å². The van der Waals surface area contributed by atoms with Gasteiger partial charge in [0.25, 0.3) is 0 Å². The highest BCUT2D eigenvalue weighted by molar-refractivity contribution is 5.94. The van der Waals surface area contributed by atoms with E-state index >= 15 is 0 Å². The predicted octanol–water partition coefficient (Wildman–Crippen LogP) is 2.84. The zero-order valence-corrected chi connectivity index (χ0v) is 16.9. The minimum Gasteiger partial charge on any atom is -0.352 e. The van der Waals surface area contributed by atoms with Crippen molar-refractivity contribution in [3.05, 3.63) is 35.4 Å². The van der Waals surface area contributed by atoms with E-state index in [0.29, 0.717) is 38.9 Å². The van der Waals surface area contributed by atoms with Crippen LogP contribution in [0.5, 0.6) is 0 Å². The zero-order valence-electron chi connectivity index (χ0n) is 16.9. The Balaban J connectivity index is 1.36. The van der Waals surface area contributed by atoms with Crippen LogP contribution in [0.1, 0.15) is 50.5 Å². The first kappa shape index (κ1) is 20.3. The van der Waals surface area contributed by atoms with Gasteiger partial charge in [0.05, 0.1) is 5.41 Å². The van der Waals surface area contributed by atoms with Crippen LogP contribution in [0.4, 0.5) is 8.78 Å². The molecule has 1 N–H and O–H groups in total. The van der Waals surface area contributed by atoms with E-state index in [1.54, 1.807) is 18.0 Å². The molecule has 2 amide bonds. The molecule has 1 atom stereocenters. The van der Waals surface area contributed by atoms with Crippen molar-refractivity contribution in [2.24, 2.45) is 5.41 Å². The second kappa shape index (κ2) is 8.01. The lowest BCUT2D eigenvalue weighted by molar-refractivity contribution is -0.140. The highest BCUT2D eigenvalue weighted by Gasteiger charge is 2.53. The summed E-state index contributed by atoms with van der Waals surface area (Å²) in [7, 11) is 1.74. The van der Waals surface area contributed by atoms with Gasteiger partial charge in [0.15, 0.2) is 11.6 Å². The first-order valence-electron chi connectivity index (χ1n) is 10.6. The van der Waals surface area contributed by atoms with Crippen molar-refractivity contribution in [2.75, 3.05) is 20.1 Å². The number of nitrogens with one attached hydrogen (secondary N) is 1. The van der Waals surface area contributed by atoms with Crippen molar-refractivity contribution in [1.29, 1.82) is 0 Å². The van der Waals surface area contributed by atoms with Gasteiger partial charge in [-0.1, -0.05) is 18.9 Å². The summed E-state index contributed by atoms with van der Waals surface area (Å²) in [5, 5.41) is 3.14. The lowest BCUT2D eigenvalue weighted by atomic mass is 9.76. The maximum atomic E-state index is 13.5. The third kappa shape index (κ3) is 4.02. The molecule has 0 aromatic heterocycles. The van der Waals surface area contributed by atoms with E-state index < -0.39 is 17.0 Å². The van der Waals surface area contributed by atoms with Gasteiger partial charge < -0.3 is 10.2 Å². The molecule has 158 valence electrons. The Hall–Kier alpha value is -2.02. The summed E-state index contributed by atoms with van der Waals surface area (Å²) in [6, 6.07) is 3.85. The molecule has 2 saturated heterocycles. The SMILES string of the molecule is CN1C(=O)C2(CCN(Cc3ccc(F)c(F)c3)CC2)CC1C(=O)NC1CCCC1. The molecule has 1 unspecified atom stereocenters. The third-order valence-corrected chi connectivity index (χ3v) is 7.03. The minimum atomic E-state index is -0.840. The normalized spacial score (nSPS) is 25.1. The van der Waals surface area contributed by atoms with Gasteiger partial charge in [-0.25, -0.2) is 8.78 Å². The van der Waals surface area contributed by atoms with Gasteiger partial charge in [-0.15, -0.1) is 0 Å². The van der Waals surface area contributed by atoms with E-state index in [0.717, 1.165) is 37.3 Å². The number of hydrogen-bond acceptors (Lipinski definition) is 3. The predicted molar refractivity (Wildman–Crippen MR) is 105 cm³/mol. The molecular weight excluding hydrogens is 376 g/mol. The Morgan fingerprint density at radius 1 is 1.17 bits per heavy atom. The number of likely N-dealkylation sites (N-methyl/N-ethyl adjacent to an activating group) is 1. The molecule has 3 aliphatic rings. The van der Waals surface area contributed by atoms with Crippen LogP contribution in [-0.2, 0) is 16.1 Å². The summed E-state index contributed by atoms with van der Waals surface area (Å²) >= 11 is 0. The maximum absolute atomic E-state index is 13.5. The highest BCUT2D eigenvalue weighted by atomic mass is 19.2. The molecule has 0 radical (unpaired) electrons. The Labute approximate surface area is 170 Å². The summed E-state index contributed by atoms with van der Waals surface area (Å²) in [5.41, 5.74) is 0.250. The number of piperidine rings is 1. The van der Waals surface area contributed by atoms with Gasteiger partial charge in [-0.3, -0.25) is 14.5 Å². The molecule has 1 spiro atoms. The van der Waals surface area contributed by atoms with Gasteiger partial charge in [0, 0.05) is 19.6 Å². The van der Waals surface area contributed by atoms with Crippen molar-refractivity contribution in [2.45, 2.75) is 63.6 Å². The van der Waals surface area contributed by atoms with Crippen molar-refractivity contribution in [3.8, 4) is 0 Å². The molecule has 1 saturated carbocycles. The second-order valence-corrected chi connectivity index (χ2v) is 8.93. The largest absolute Gasteiger partial charge is 0.352 e. The summed E-state index contributed by atoms with van der Waals surface area (Å²) < 4.78 is 26.6. The molecule has 5 nitrogen and oxygen atoms in total. The number of benzene rings is 1. The van der Waals surface area contributed by atoms with E-state index in [2.05, 4.69) is 10.2 Å². The lowest BCUT2D eigenvalue weighted by Crippen LogP contribution is -2.46. The third-order valence-electron chi connectivity index (χ3n) is 7.03. The van der Waals surface area contributed by atoms with E-state index in [-0.39, 0.29) is 23.9 Å². The molecule has 1 aromatic carbocycles. The molecule has 7 heteroatoms. The highest BCUT2D eigenvalue weighted by Crippen LogP contribution is 2.44. The van der Waals surface area contributed by atoms with Gasteiger partial charge in [0.1, 0.15) is 6.04 Å². The topological polar surface area (TPSA) is 52.7 Å². The maximum Gasteiger partial charge on any atom is 0.243 e. The van der Waals surface area contributed by atoms with E-state index in [1.165, 1.54) is 6.07 Å². The standard InChI is InChI=1S/C22H29F2N3O2/c1-26-19(20(28)25-16-4-2-3-5-16)13-22(21(26)29)8-10-27(11-9-22)14-15-6-7-17(23)18(24)12-15/h6-7,12,16,19H,2-5,8-11,13-14H2,1H3,(H,25,28). The van der Waals surface area contributed by atoms with Gasteiger partial charge in [0.2, 0.25) is 11.8 Å². The summed E-state index contributed by atoms with van der Waals surface area (Å²) in [6.07, 6.45) is 6.31. The monoisotopic (exact) mass is 405 g/mol. The number of halogens is 2. The van der Waals surface area contributed by atoms with Gasteiger partial charge >= 0.3 is 0 Å². The molecular formula is C22H29F2N3O2. The molecule has 29 heavy (non-hydrogen) atoms. The Morgan fingerprint density at radius 3 is 2.52 bits per heavy atom. The molecule has 1 aliphatic carbocycles. The Morgan fingerprint density at radius 2 is 1.86 bits per heavy atom. The first-order valence-corrected chi connectivity index (χ1v) is 10.6. The smallest absolute Gasteiger partial charge is 0.243 e. The first-order chi connectivity index (χ1) is 13.9. The van der Waals surface area contributed by atoms with E-state index in [4.69, 9.17) is 0 Å². The van der Waals surface area contributed by atoms with Gasteiger partial charge in [-0.2, -0.15) is 0 Å². The molecule has 3 fully saturated rings. The molecule has 2 heterocycles. The van der Waals surface area contributed by atoms with Crippen LogP contribution in [0, 0.1) is 17.0 Å². The lowest BCUT2D eigenvalue weighted by Gasteiger charge is -2.37. The van der Waals surface area contributed by atoms with Crippen LogP contribution < -0.4 is 5.32 Å². The fourth-order valence-corrected chi connectivity index (χ4v) is 5.20. The van der Waals surface area contributed by atoms with Crippen molar-refractivity contribution in [3.63, 3.8) is 0 Å². The van der Waals surface area contributed by atoms with Crippen LogP contribution in [0.15, 0.2) is 18.2 Å². The number of rotatable bonds is 4. The van der Waals surface area contributed by atoms with Crippen molar-refractivity contribution in [1.82, 2.24) is 15.1 Å². The van der Waals surface area contributed by atoms with Crippen LogP contribution in [0.2, 0.25) is 0 Å². The van der Waals surface area contributed by atoms with Crippen molar-refractivity contribution < 1.29 is 18.4 Å². The summed E-state index contributed by atoms with van der Waals surface area (Å²) in [6.45, 7) is 1.94.